The molecule has 0 aromatic heterocycles. The average molecular weight is 506 g/mol. The number of ketones is 1. The second-order valence-electron chi connectivity index (χ2n) is 12.3. The van der Waals surface area contributed by atoms with E-state index >= 15 is 0 Å². The SMILES string of the molecule is CCC(C)/C=C(\C)C1C(C)=C[C@@]2(C)C[C@@H](C)CC[C@@H]2[C@H]1C(=O)C1=CC(O)(Cc2ccc(O)cc2)NC1=O. The molecule has 37 heavy (non-hydrogen) atoms. The molecule has 1 heterocycles. The summed E-state index contributed by atoms with van der Waals surface area (Å²) in [5, 5.41) is 23.5. The Morgan fingerprint density at radius 3 is 2.54 bits per heavy atom. The Balaban J connectivity index is 1.73. The van der Waals surface area contributed by atoms with Gasteiger partial charge in [0.05, 0.1) is 5.57 Å². The number of Topliss-reactive ketones (excluding diaryl/α,β-unsaturated/α-hetero) is 1. The molecule has 1 saturated carbocycles. The fourth-order valence-electron chi connectivity index (χ4n) is 7.31. The van der Waals surface area contributed by atoms with Crippen molar-refractivity contribution in [1.29, 1.82) is 0 Å². The summed E-state index contributed by atoms with van der Waals surface area (Å²) in [5.41, 5.74) is 1.50. The lowest BCUT2D eigenvalue weighted by Crippen LogP contribution is -2.48. The first kappa shape index (κ1) is 27.4. The maximum absolute atomic E-state index is 14.4. The van der Waals surface area contributed by atoms with Crippen molar-refractivity contribution in [2.45, 2.75) is 79.4 Å². The molecular formula is C32H43NO4. The number of aromatic hydroxyl groups is 1. The van der Waals surface area contributed by atoms with Gasteiger partial charge in [0.1, 0.15) is 5.75 Å². The Labute approximate surface area is 221 Å². The topological polar surface area (TPSA) is 86.6 Å². The third-order valence-electron chi connectivity index (χ3n) is 9.06. The molecule has 3 unspecified atom stereocenters. The standard InChI is InChI=1S/C32H43NO4/c1-7-19(2)14-21(4)27-22(5)16-31(6)15-20(3)8-13-26(31)28(27)29(35)25-18-32(37,33-30(25)36)17-23-9-11-24(34)12-10-23/h9-12,14,16,18-20,26-28,34,37H,7-8,13,15,17H2,1-6H3,(H,33,36)/b21-14+/t19?,20-,26+,27?,28+,31+,32?/m0/s1. The van der Waals surface area contributed by atoms with Crippen molar-refractivity contribution in [3.63, 3.8) is 0 Å². The van der Waals surface area contributed by atoms with E-state index in [1.165, 1.54) is 17.2 Å². The molecule has 200 valence electrons. The summed E-state index contributed by atoms with van der Waals surface area (Å²) in [6.07, 6.45) is 10.4. The quantitative estimate of drug-likeness (QED) is 0.319. The molecule has 1 amide bonds. The molecule has 5 nitrogen and oxygen atoms in total. The molecule has 0 spiro atoms. The Morgan fingerprint density at radius 1 is 1.22 bits per heavy atom. The van der Waals surface area contributed by atoms with Crippen LogP contribution in [0.4, 0.5) is 0 Å². The van der Waals surface area contributed by atoms with Crippen LogP contribution < -0.4 is 5.32 Å². The number of hydrogen-bond donors (Lipinski definition) is 3. The number of fused-ring (bicyclic) bond motifs is 1. The number of allylic oxidation sites excluding steroid dienone is 4. The molecule has 3 aliphatic rings. The van der Waals surface area contributed by atoms with Crippen LogP contribution in [0, 0.1) is 35.0 Å². The van der Waals surface area contributed by atoms with Gasteiger partial charge in [0.15, 0.2) is 11.5 Å². The number of carbonyl (C=O) groups is 2. The molecule has 5 heteroatoms. The molecular weight excluding hydrogens is 462 g/mol. The van der Waals surface area contributed by atoms with Crippen molar-refractivity contribution in [1.82, 2.24) is 5.32 Å². The summed E-state index contributed by atoms with van der Waals surface area (Å²) in [5.74, 6) is 0.236. The summed E-state index contributed by atoms with van der Waals surface area (Å²) < 4.78 is 0. The van der Waals surface area contributed by atoms with Gasteiger partial charge in [-0.05, 0) is 73.6 Å². The lowest BCUT2D eigenvalue weighted by Gasteiger charge is -2.52. The lowest BCUT2D eigenvalue weighted by molar-refractivity contribution is -0.129. The number of nitrogens with one attached hydrogen (secondary N) is 1. The molecule has 1 aliphatic heterocycles. The van der Waals surface area contributed by atoms with Crippen LogP contribution in [0.2, 0.25) is 0 Å². The first-order valence-electron chi connectivity index (χ1n) is 13.8. The van der Waals surface area contributed by atoms with Gasteiger partial charge in [-0.25, -0.2) is 0 Å². The van der Waals surface area contributed by atoms with E-state index in [4.69, 9.17) is 0 Å². The van der Waals surface area contributed by atoms with E-state index in [9.17, 15) is 19.8 Å². The Bertz CT molecular complexity index is 1150. The second-order valence-corrected chi connectivity index (χ2v) is 12.3. The van der Waals surface area contributed by atoms with Gasteiger partial charge < -0.3 is 15.5 Å². The highest BCUT2D eigenvalue weighted by molar-refractivity contribution is 6.22. The molecule has 7 atom stereocenters. The summed E-state index contributed by atoms with van der Waals surface area (Å²) >= 11 is 0. The smallest absolute Gasteiger partial charge is 0.257 e. The number of benzene rings is 1. The minimum atomic E-state index is -1.64. The van der Waals surface area contributed by atoms with Crippen molar-refractivity contribution < 1.29 is 19.8 Å². The maximum Gasteiger partial charge on any atom is 0.257 e. The predicted octanol–water partition coefficient (Wildman–Crippen LogP) is 5.88. The van der Waals surface area contributed by atoms with Crippen LogP contribution in [0.25, 0.3) is 0 Å². The lowest BCUT2D eigenvalue weighted by atomic mass is 9.52. The van der Waals surface area contributed by atoms with E-state index in [1.54, 1.807) is 24.3 Å². The number of phenolic OH excluding ortho intramolecular Hbond substituents is 1. The van der Waals surface area contributed by atoms with E-state index in [-0.39, 0.29) is 46.7 Å². The third-order valence-corrected chi connectivity index (χ3v) is 9.06. The zero-order valence-corrected chi connectivity index (χ0v) is 23.2. The normalized spacial score (nSPS) is 34.8. The minimum Gasteiger partial charge on any atom is -0.508 e. The molecule has 1 fully saturated rings. The van der Waals surface area contributed by atoms with Crippen molar-refractivity contribution in [3.05, 3.63) is 64.8 Å². The molecule has 4 rings (SSSR count). The van der Waals surface area contributed by atoms with Gasteiger partial charge in [-0.3, -0.25) is 9.59 Å². The van der Waals surface area contributed by atoms with Crippen LogP contribution in [0.1, 0.15) is 72.8 Å². The largest absolute Gasteiger partial charge is 0.508 e. The van der Waals surface area contributed by atoms with E-state index in [1.807, 2.05) is 0 Å². The van der Waals surface area contributed by atoms with E-state index < -0.39 is 11.6 Å². The van der Waals surface area contributed by atoms with Crippen molar-refractivity contribution in [2.75, 3.05) is 0 Å². The molecule has 1 aromatic rings. The van der Waals surface area contributed by atoms with Crippen LogP contribution in [0.15, 0.2) is 59.2 Å². The van der Waals surface area contributed by atoms with Crippen LogP contribution in [0.5, 0.6) is 5.75 Å². The molecule has 2 aliphatic carbocycles. The molecule has 0 radical (unpaired) electrons. The van der Waals surface area contributed by atoms with Crippen LogP contribution in [-0.2, 0) is 16.0 Å². The maximum atomic E-state index is 14.4. The van der Waals surface area contributed by atoms with E-state index in [2.05, 4.69) is 59.0 Å². The number of aliphatic hydroxyl groups is 1. The fraction of sp³-hybridized carbons (Fsp3) is 0.562. The van der Waals surface area contributed by atoms with Crippen molar-refractivity contribution in [3.8, 4) is 5.75 Å². The fourth-order valence-corrected chi connectivity index (χ4v) is 7.31. The van der Waals surface area contributed by atoms with Crippen LogP contribution in [-0.4, -0.2) is 27.6 Å². The van der Waals surface area contributed by atoms with Crippen molar-refractivity contribution in [2.24, 2.45) is 35.0 Å². The van der Waals surface area contributed by atoms with Gasteiger partial charge in [0.2, 0.25) is 0 Å². The Hall–Kier alpha value is -2.66. The Morgan fingerprint density at radius 2 is 1.89 bits per heavy atom. The number of amides is 1. The summed E-state index contributed by atoms with van der Waals surface area (Å²) in [4.78, 5) is 27.5. The molecule has 0 bridgehead atoms. The highest BCUT2D eigenvalue weighted by Gasteiger charge is 2.53. The van der Waals surface area contributed by atoms with Crippen molar-refractivity contribution >= 4 is 11.7 Å². The van der Waals surface area contributed by atoms with Gasteiger partial charge >= 0.3 is 0 Å². The first-order valence-corrected chi connectivity index (χ1v) is 13.8. The van der Waals surface area contributed by atoms with E-state index in [0.29, 0.717) is 11.8 Å². The Kier molecular flexibility index (Phi) is 7.58. The molecule has 0 saturated heterocycles. The summed E-state index contributed by atoms with van der Waals surface area (Å²) in [6, 6.07) is 6.50. The number of phenols is 1. The average Bonchev–Trinajstić information content (AvgIpc) is 3.12. The zero-order valence-electron chi connectivity index (χ0n) is 23.2. The van der Waals surface area contributed by atoms with Gasteiger partial charge in [-0.1, -0.05) is 76.0 Å². The summed E-state index contributed by atoms with van der Waals surface area (Å²) in [7, 11) is 0. The minimum absolute atomic E-state index is 0.0486. The third kappa shape index (κ3) is 5.47. The monoisotopic (exact) mass is 505 g/mol. The van der Waals surface area contributed by atoms with E-state index in [0.717, 1.165) is 31.2 Å². The zero-order chi connectivity index (χ0) is 27.1. The molecule has 1 aromatic carbocycles. The van der Waals surface area contributed by atoms with Gasteiger partial charge in [0, 0.05) is 18.3 Å². The van der Waals surface area contributed by atoms with Crippen LogP contribution >= 0.6 is 0 Å². The highest BCUT2D eigenvalue weighted by atomic mass is 16.3. The molecule has 3 N–H and O–H groups in total. The predicted molar refractivity (Wildman–Crippen MR) is 147 cm³/mol. The number of hydrogen-bond acceptors (Lipinski definition) is 4. The van der Waals surface area contributed by atoms with Crippen LogP contribution in [0.3, 0.4) is 0 Å². The first-order chi connectivity index (χ1) is 17.4. The van der Waals surface area contributed by atoms with Gasteiger partial charge in [-0.2, -0.15) is 0 Å². The number of carbonyl (C=O) groups excluding carboxylic acids is 2. The number of rotatable bonds is 7. The van der Waals surface area contributed by atoms with Gasteiger partial charge in [0.25, 0.3) is 5.91 Å². The highest BCUT2D eigenvalue weighted by Crippen LogP contribution is 2.56. The van der Waals surface area contributed by atoms with Gasteiger partial charge in [-0.15, -0.1) is 0 Å². The second kappa shape index (κ2) is 10.2. The summed E-state index contributed by atoms with van der Waals surface area (Å²) in [6.45, 7) is 13.2.